The minimum atomic E-state index is -0.716. The van der Waals surface area contributed by atoms with Gasteiger partial charge in [-0.2, -0.15) is 0 Å². The molecule has 0 aliphatic heterocycles. The lowest BCUT2D eigenvalue weighted by Crippen LogP contribution is -2.46. The molecule has 0 heterocycles. The second-order valence-electron chi connectivity index (χ2n) is 6.75. The Kier molecular flexibility index (Phi) is 6.53. The van der Waals surface area contributed by atoms with Gasteiger partial charge in [-0.15, -0.1) is 0 Å². The van der Waals surface area contributed by atoms with E-state index in [1.54, 1.807) is 0 Å². The second kappa shape index (κ2) is 8.62. The molecule has 0 radical (unpaired) electrons. The molecule has 25 heavy (non-hydrogen) atoms. The number of aliphatic hydroxyl groups excluding tert-OH is 1. The Morgan fingerprint density at radius 2 is 1.60 bits per heavy atom. The molecule has 3 N–H and O–H groups in total. The van der Waals surface area contributed by atoms with E-state index in [4.69, 9.17) is 0 Å². The molecule has 0 bridgehead atoms. The van der Waals surface area contributed by atoms with Gasteiger partial charge in [-0.05, 0) is 35.6 Å². The van der Waals surface area contributed by atoms with Crippen LogP contribution in [0.5, 0.6) is 0 Å². The maximum atomic E-state index is 12.2. The molecule has 2 rings (SSSR count). The average Bonchev–Trinajstić information content (AvgIpc) is 2.59. The molecule has 0 aliphatic carbocycles. The van der Waals surface area contributed by atoms with E-state index in [1.807, 2.05) is 63.2 Å². The van der Waals surface area contributed by atoms with Gasteiger partial charge in [0, 0.05) is 0 Å². The van der Waals surface area contributed by atoms with E-state index in [9.17, 15) is 14.7 Å². The summed E-state index contributed by atoms with van der Waals surface area (Å²) >= 11 is 0. The number of fused-ring (bicyclic) bond motifs is 1. The van der Waals surface area contributed by atoms with Crippen LogP contribution in [-0.2, 0) is 9.59 Å². The zero-order valence-corrected chi connectivity index (χ0v) is 15.0. The topological polar surface area (TPSA) is 78.4 Å². The smallest absolute Gasteiger partial charge is 0.309 e. The number of amides is 2. The molecular formula is C20H26N2O3. The number of carbonyl (C=O) groups excluding carboxylic acids is 2. The highest BCUT2D eigenvalue weighted by atomic mass is 16.3. The fraction of sp³-hybridized carbons (Fsp3) is 0.400. The third-order valence-corrected chi connectivity index (χ3v) is 4.16. The molecule has 0 saturated heterocycles. The van der Waals surface area contributed by atoms with E-state index < -0.39 is 17.9 Å². The lowest BCUT2D eigenvalue weighted by atomic mass is 9.99. The summed E-state index contributed by atoms with van der Waals surface area (Å²) in [5.41, 5.74) is 0.958. The summed E-state index contributed by atoms with van der Waals surface area (Å²) in [5, 5.41) is 16.8. The van der Waals surface area contributed by atoms with Gasteiger partial charge in [0.2, 0.25) is 0 Å². The van der Waals surface area contributed by atoms with E-state index in [2.05, 4.69) is 10.6 Å². The first-order valence-corrected chi connectivity index (χ1v) is 8.62. The van der Waals surface area contributed by atoms with Crippen molar-refractivity contribution in [3.05, 3.63) is 48.0 Å². The Labute approximate surface area is 148 Å². The van der Waals surface area contributed by atoms with E-state index in [0.29, 0.717) is 12.3 Å². The van der Waals surface area contributed by atoms with Crippen molar-refractivity contribution < 1.29 is 14.7 Å². The first-order chi connectivity index (χ1) is 11.9. The SMILES string of the molecule is CC(C)CC(CO)NC(=O)C(=O)NC(C)c1cccc2ccccc12. The minimum absolute atomic E-state index is 0.184. The second-order valence-corrected chi connectivity index (χ2v) is 6.75. The molecule has 0 aromatic heterocycles. The summed E-state index contributed by atoms with van der Waals surface area (Å²) in [5.74, 6) is -1.09. The quantitative estimate of drug-likeness (QED) is 0.706. The van der Waals surface area contributed by atoms with Crippen LogP contribution in [0.3, 0.4) is 0 Å². The van der Waals surface area contributed by atoms with E-state index in [0.717, 1.165) is 16.3 Å². The number of hydrogen-bond acceptors (Lipinski definition) is 3. The fourth-order valence-electron chi connectivity index (χ4n) is 2.97. The van der Waals surface area contributed by atoms with Crippen LogP contribution in [0.2, 0.25) is 0 Å². The Hall–Kier alpha value is -2.40. The molecule has 5 nitrogen and oxygen atoms in total. The number of aliphatic hydroxyl groups is 1. The zero-order chi connectivity index (χ0) is 18.4. The number of nitrogens with one attached hydrogen (secondary N) is 2. The molecule has 0 spiro atoms. The monoisotopic (exact) mass is 342 g/mol. The normalized spacial score (nSPS) is 13.5. The molecule has 2 atom stereocenters. The van der Waals surface area contributed by atoms with Crippen LogP contribution in [-0.4, -0.2) is 29.6 Å². The Morgan fingerprint density at radius 1 is 0.960 bits per heavy atom. The van der Waals surface area contributed by atoms with Crippen molar-refractivity contribution in [2.24, 2.45) is 5.92 Å². The molecular weight excluding hydrogens is 316 g/mol. The van der Waals surface area contributed by atoms with E-state index in [-0.39, 0.29) is 12.6 Å². The Morgan fingerprint density at radius 3 is 2.28 bits per heavy atom. The minimum Gasteiger partial charge on any atom is -0.394 e. The summed E-state index contributed by atoms with van der Waals surface area (Å²) in [7, 11) is 0. The molecule has 0 aliphatic rings. The van der Waals surface area contributed by atoms with Crippen LogP contribution in [0.15, 0.2) is 42.5 Å². The summed E-state index contributed by atoms with van der Waals surface area (Å²) in [6.45, 7) is 5.66. The number of rotatable bonds is 6. The van der Waals surface area contributed by atoms with Crippen LogP contribution >= 0.6 is 0 Å². The van der Waals surface area contributed by atoms with Crippen molar-refractivity contribution >= 4 is 22.6 Å². The summed E-state index contributed by atoms with van der Waals surface area (Å²) < 4.78 is 0. The summed E-state index contributed by atoms with van der Waals surface area (Å²) in [6, 6.07) is 13.1. The van der Waals surface area contributed by atoms with Crippen LogP contribution in [0.25, 0.3) is 10.8 Å². The highest BCUT2D eigenvalue weighted by Gasteiger charge is 2.21. The third kappa shape index (κ3) is 5.03. The van der Waals surface area contributed by atoms with Crippen molar-refractivity contribution in [1.82, 2.24) is 10.6 Å². The Bertz CT molecular complexity index is 737. The molecule has 0 fully saturated rings. The average molecular weight is 342 g/mol. The predicted molar refractivity (Wildman–Crippen MR) is 99.0 cm³/mol. The van der Waals surface area contributed by atoms with Crippen LogP contribution in [0, 0.1) is 5.92 Å². The van der Waals surface area contributed by atoms with Gasteiger partial charge < -0.3 is 15.7 Å². The van der Waals surface area contributed by atoms with Gasteiger partial charge in [0.05, 0.1) is 18.7 Å². The zero-order valence-electron chi connectivity index (χ0n) is 15.0. The maximum absolute atomic E-state index is 12.2. The van der Waals surface area contributed by atoms with E-state index in [1.165, 1.54) is 0 Å². The van der Waals surface area contributed by atoms with Crippen LogP contribution < -0.4 is 10.6 Å². The molecule has 2 amide bonds. The largest absolute Gasteiger partial charge is 0.394 e. The molecule has 2 aromatic rings. The fourth-order valence-corrected chi connectivity index (χ4v) is 2.97. The van der Waals surface area contributed by atoms with Gasteiger partial charge in [-0.1, -0.05) is 56.3 Å². The lowest BCUT2D eigenvalue weighted by molar-refractivity contribution is -0.140. The number of carbonyl (C=O) groups is 2. The summed E-state index contributed by atoms with van der Waals surface area (Å²) in [6.07, 6.45) is 0.619. The van der Waals surface area contributed by atoms with Gasteiger partial charge in [-0.3, -0.25) is 9.59 Å². The van der Waals surface area contributed by atoms with Crippen molar-refractivity contribution in [3.8, 4) is 0 Å². The lowest BCUT2D eigenvalue weighted by Gasteiger charge is -2.20. The van der Waals surface area contributed by atoms with Crippen molar-refractivity contribution in [3.63, 3.8) is 0 Å². The molecule has 2 aromatic carbocycles. The van der Waals surface area contributed by atoms with Crippen LogP contribution in [0.4, 0.5) is 0 Å². The van der Waals surface area contributed by atoms with Crippen molar-refractivity contribution in [2.45, 2.75) is 39.3 Å². The molecule has 0 saturated carbocycles. The molecule has 2 unspecified atom stereocenters. The number of benzene rings is 2. The standard InChI is InChI=1S/C20H26N2O3/c1-13(2)11-16(12-23)22-20(25)19(24)21-14(3)17-10-6-8-15-7-4-5-9-18(15)17/h4-10,13-14,16,23H,11-12H2,1-3H3,(H,21,24)(H,22,25). The van der Waals surface area contributed by atoms with E-state index >= 15 is 0 Å². The van der Waals surface area contributed by atoms with Gasteiger partial charge >= 0.3 is 11.8 Å². The van der Waals surface area contributed by atoms with Gasteiger partial charge in [0.25, 0.3) is 0 Å². The van der Waals surface area contributed by atoms with Crippen molar-refractivity contribution in [2.75, 3.05) is 6.61 Å². The Balaban J connectivity index is 2.05. The first kappa shape index (κ1) is 18.9. The molecule has 5 heteroatoms. The van der Waals surface area contributed by atoms with Crippen LogP contribution in [0.1, 0.15) is 38.8 Å². The highest BCUT2D eigenvalue weighted by Crippen LogP contribution is 2.23. The maximum Gasteiger partial charge on any atom is 0.309 e. The predicted octanol–water partition coefficient (Wildman–Crippen LogP) is 2.54. The summed E-state index contributed by atoms with van der Waals surface area (Å²) in [4.78, 5) is 24.3. The van der Waals surface area contributed by atoms with Gasteiger partial charge in [-0.25, -0.2) is 0 Å². The van der Waals surface area contributed by atoms with Gasteiger partial charge in [0.1, 0.15) is 0 Å². The first-order valence-electron chi connectivity index (χ1n) is 8.62. The van der Waals surface area contributed by atoms with Gasteiger partial charge in [0.15, 0.2) is 0 Å². The third-order valence-electron chi connectivity index (χ3n) is 4.16. The highest BCUT2D eigenvalue weighted by molar-refractivity contribution is 6.35. The number of hydrogen-bond donors (Lipinski definition) is 3. The molecule has 134 valence electrons. The van der Waals surface area contributed by atoms with Crippen molar-refractivity contribution in [1.29, 1.82) is 0 Å².